The minimum atomic E-state index is 0.282. The molecule has 0 saturated heterocycles. The van der Waals surface area contributed by atoms with Crippen LogP contribution in [0.1, 0.15) is 22.5 Å². The van der Waals surface area contributed by atoms with E-state index >= 15 is 0 Å². The molecule has 0 atom stereocenters. The van der Waals surface area contributed by atoms with Gasteiger partial charge in [0.2, 0.25) is 6.79 Å². The van der Waals surface area contributed by atoms with E-state index in [2.05, 4.69) is 52.6 Å². The van der Waals surface area contributed by atoms with E-state index in [-0.39, 0.29) is 6.79 Å². The quantitative estimate of drug-likeness (QED) is 0.697. The Bertz CT molecular complexity index is 968. The van der Waals surface area contributed by atoms with Gasteiger partial charge in [-0.15, -0.1) is 0 Å². The van der Waals surface area contributed by atoms with Crippen LogP contribution in [0.2, 0.25) is 0 Å². The zero-order chi connectivity index (χ0) is 18.8. The van der Waals surface area contributed by atoms with Crippen molar-refractivity contribution in [3.8, 4) is 11.5 Å². The van der Waals surface area contributed by atoms with E-state index in [0.29, 0.717) is 12.4 Å². The van der Waals surface area contributed by atoms with Gasteiger partial charge in [0, 0.05) is 18.3 Å². The normalized spacial score (nSPS) is 12.1. The van der Waals surface area contributed by atoms with Crippen LogP contribution in [0.4, 0.5) is 17.3 Å². The van der Waals surface area contributed by atoms with Crippen molar-refractivity contribution in [3.63, 3.8) is 0 Å². The highest BCUT2D eigenvalue weighted by molar-refractivity contribution is 5.66. The number of nitrogens with one attached hydrogen (secondary N) is 2. The summed E-state index contributed by atoms with van der Waals surface area (Å²) in [7, 11) is 0. The van der Waals surface area contributed by atoms with Gasteiger partial charge in [-0.2, -0.15) is 0 Å². The summed E-state index contributed by atoms with van der Waals surface area (Å²) < 4.78 is 10.8. The van der Waals surface area contributed by atoms with Gasteiger partial charge in [0.05, 0.1) is 0 Å². The molecule has 1 aromatic heterocycles. The van der Waals surface area contributed by atoms with Crippen molar-refractivity contribution in [1.29, 1.82) is 0 Å². The van der Waals surface area contributed by atoms with Crippen molar-refractivity contribution in [2.45, 2.75) is 27.3 Å². The lowest BCUT2D eigenvalue weighted by molar-refractivity contribution is 0.174. The second-order valence-electron chi connectivity index (χ2n) is 6.62. The lowest BCUT2D eigenvalue weighted by Crippen LogP contribution is -2.06. The molecule has 6 nitrogen and oxygen atoms in total. The third kappa shape index (κ3) is 3.79. The third-order valence-electron chi connectivity index (χ3n) is 4.48. The second-order valence-corrected chi connectivity index (χ2v) is 6.62. The molecule has 0 unspecified atom stereocenters. The lowest BCUT2D eigenvalue weighted by Gasteiger charge is -2.14. The second kappa shape index (κ2) is 7.15. The highest BCUT2D eigenvalue weighted by Crippen LogP contribution is 2.32. The molecule has 1 aliphatic heterocycles. The average molecular weight is 362 g/mol. The van der Waals surface area contributed by atoms with Crippen molar-refractivity contribution < 1.29 is 9.47 Å². The van der Waals surface area contributed by atoms with Crippen LogP contribution in [0.5, 0.6) is 11.5 Å². The molecule has 0 saturated carbocycles. The third-order valence-corrected chi connectivity index (χ3v) is 4.48. The maximum absolute atomic E-state index is 5.43. The van der Waals surface area contributed by atoms with E-state index in [1.165, 1.54) is 11.1 Å². The Kier molecular flexibility index (Phi) is 4.54. The van der Waals surface area contributed by atoms with Crippen molar-refractivity contribution in [1.82, 2.24) is 9.97 Å². The van der Waals surface area contributed by atoms with E-state index in [4.69, 9.17) is 9.47 Å². The molecular weight excluding hydrogens is 340 g/mol. The number of fused-ring (bicyclic) bond motifs is 1. The predicted molar refractivity (Wildman–Crippen MR) is 106 cm³/mol. The van der Waals surface area contributed by atoms with Crippen LogP contribution in [0, 0.1) is 20.8 Å². The summed E-state index contributed by atoms with van der Waals surface area (Å²) in [5, 5.41) is 6.79. The van der Waals surface area contributed by atoms with Crippen LogP contribution >= 0.6 is 0 Å². The number of anilines is 3. The van der Waals surface area contributed by atoms with E-state index in [0.717, 1.165) is 34.4 Å². The van der Waals surface area contributed by atoms with E-state index in [9.17, 15) is 0 Å². The Hall–Kier alpha value is -3.28. The summed E-state index contributed by atoms with van der Waals surface area (Å²) in [5.41, 5.74) is 4.54. The molecular formula is C21H22N4O2. The molecule has 4 rings (SSSR count). The Morgan fingerprint density at radius 3 is 2.44 bits per heavy atom. The van der Waals surface area contributed by atoms with Gasteiger partial charge < -0.3 is 20.1 Å². The van der Waals surface area contributed by atoms with Gasteiger partial charge in [0.15, 0.2) is 11.5 Å². The SMILES string of the molecule is Cc1nc(NCc2ccc3c(c2)OCO3)cc(Nc2c(C)cccc2C)n1. The number of aromatic nitrogens is 2. The minimum absolute atomic E-state index is 0.282. The largest absolute Gasteiger partial charge is 0.454 e. The topological polar surface area (TPSA) is 68.3 Å². The van der Waals surface area contributed by atoms with Gasteiger partial charge in [-0.3, -0.25) is 0 Å². The van der Waals surface area contributed by atoms with Gasteiger partial charge in [-0.1, -0.05) is 24.3 Å². The Morgan fingerprint density at radius 2 is 1.63 bits per heavy atom. The van der Waals surface area contributed by atoms with Crippen LogP contribution in [0.15, 0.2) is 42.5 Å². The number of aryl methyl sites for hydroxylation is 3. The fourth-order valence-corrected chi connectivity index (χ4v) is 3.11. The lowest BCUT2D eigenvalue weighted by atomic mass is 10.1. The van der Waals surface area contributed by atoms with Crippen molar-refractivity contribution in [2.75, 3.05) is 17.4 Å². The first kappa shape index (κ1) is 17.1. The van der Waals surface area contributed by atoms with E-state index < -0.39 is 0 Å². The molecule has 0 spiro atoms. The smallest absolute Gasteiger partial charge is 0.231 e. The molecule has 2 heterocycles. The predicted octanol–water partition coefficient (Wildman–Crippen LogP) is 4.49. The summed E-state index contributed by atoms with van der Waals surface area (Å²) in [4.78, 5) is 9.00. The summed E-state index contributed by atoms with van der Waals surface area (Å²) >= 11 is 0. The minimum Gasteiger partial charge on any atom is -0.454 e. The first-order chi connectivity index (χ1) is 13.1. The highest BCUT2D eigenvalue weighted by atomic mass is 16.7. The number of para-hydroxylation sites is 1. The van der Waals surface area contributed by atoms with Crippen LogP contribution in [-0.4, -0.2) is 16.8 Å². The molecule has 138 valence electrons. The molecule has 6 heteroatoms. The summed E-state index contributed by atoms with van der Waals surface area (Å²) in [6.45, 7) is 6.98. The van der Waals surface area contributed by atoms with Gasteiger partial charge >= 0.3 is 0 Å². The summed E-state index contributed by atoms with van der Waals surface area (Å²) in [6.07, 6.45) is 0. The molecule has 1 aliphatic rings. The zero-order valence-electron chi connectivity index (χ0n) is 15.7. The molecule has 27 heavy (non-hydrogen) atoms. The number of hydrogen-bond donors (Lipinski definition) is 2. The zero-order valence-corrected chi connectivity index (χ0v) is 15.7. The fraction of sp³-hybridized carbons (Fsp3) is 0.238. The maximum atomic E-state index is 5.43. The molecule has 0 aliphatic carbocycles. The first-order valence-corrected chi connectivity index (χ1v) is 8.90. The standard InChI is InChI=1S/C21H22N4O2/c1-13-5-4-6-14(2)21(13)25-20-10-19(23-15(3)24-20)22-11-16-7-8-17-18(9-16)27-12-26-17/h4-10H,11-12H2,1-3H3,(H2,22,23,24,25). The Morgan fingerprint density at radius 1 is 0.889 bits per heavy atom. The molecule has 2 N–H and O–H groups in total. The molecule has 2 aromatic carbocycles. The average Bonchev–Trinajstić information content (AvgIpc) is 3.11. The molecule has 0 bridgehead atoms. The molecule has 3 aromatic rings. The molecule has 0 radical (unpaired) electrons. The van der Waals surface area contributed by atoms with Crippen molar-refractivity contribution in [2.24, 2.45) is 0 Å². The Labute approximate surface area is 158 Å². The number of benzene rings is 2. The van der Waals surface area contributed by atoms with Gasteiger partial charge in [-0.05, 0) is 49.6 Å². The number of ether oxygens (including phenoxy) is 2. The molecule has 0 fully saturated rings. The van der Waals surface area contributed by atoms with Crippen LogP contribution < -0.4 is 20.1 Å². The van der Waals surface area contributed by atoms with E-state index in [1.54, 1.807) is 0 Å². The van der Waals surface area contributed by atoms with Gasteiger partial charge in [-0.25, -0.2) is 9.97 Å². The highest BCUT2D eigenvalue weighted by Gasteiger charge is 2.13. The van der Waals surface area contributed by atoms with Crippen molar-refractivity contribution >= 4 is 17.3 Å². The molecule has 0 amide bonds. The number of hydrogen-bond acceptors (Lipinski definition) is 6. The van der Waals surface area contributed by atoms with Crippen LogP contribution in [0.25, 0.3) is 0 Å². The monoisotopic (exact) mass is 362 g/mol. The van der Waals surface area contributed by atoms with E-state index in [1.807, 2.05) is 31.2 Å². The van der Waals surface area contributed by atoms with Crippen LogP contribution in [-0.2, 0) is 6.54 Å². The van der Waals surface area contributed by atoms with Crippen molar-refractivity contribution in [3.05, 3.63) is 65.0 Å². The maximum Gasteiger partial charge on any atom is 0.231 e. The van der Waals surface area contributed by atoms with Gasteiger partial charge in [0.25, 0.3) is 0 Å². The summed E-state index contributed by atoms with van der Waals surface area (Å²) in [6, 6.07) is 14.1. The summed E-state index contributed by atoms with van der Waals surface area (Å²) in [5.74, 6) is 3.82. The van der Waals surface area contributed by atoms with Crippen LogP contribution in [0.3, 0.4) is 0 Å². The van der Waals surface area contributed by atoms with Gasteiger partial charge in [0.1, 0.15) is 17.5 Å². The number of rotatable bonds is 5. The Balaban J connectivity index is 1.50. The fourth-order valence-electron chi connectivity index (χ4n) is 3.11. The number of nitrogens with zero attached hydrogens (tertiary/aromatic N) is 2. The first-order valence-electron chi connectivity index (χ1n) is 8.90.